The van der Waals surface area contributed by atoms with Crippen molar-refractivity contribution in [1.82, 2.24) is 0 Å². The van der Waals surface area contributed by atoms with Crippen LogP contribution in [-0.4, -0.2) is 24.2 Å². The molecule has 120 valence electrons. The van der Waals surface area contributed by atoms with Gasteiger partial charge in [-0.15, -0.1) is 11.3 Å². The molecule has 0 aliphatic heterocycles. The first kappa shape index (κ1) is 16.8. The fourth-order valence-electron chi connectivity index (χ4n) is 2.99. The fourth-order valence-corrected chi connectivity index (χ4v) is 4.38. The summed E-state index contributed by atoms with van der Waals surface area (Å²) in [5.41, 5.74) is 2.03. The normalized spacial score (nSPS) is 13.5. The Morgan fingerprint density at radius 3 is 2.77 bits per heavy atom. The summed E-state index contributed by atoms with van der Waals surface area (Å²) in [7, 11) is 0. The molecular weight excluding hydrogens is 296 g/mol. The van der Waals surface area contributed by atoms with Crippen molar-refractivity contribution in [1.29, 1.82) is 5.26 Å². The Labute approximate surface area is 136 Å². The van der Waals surface area contributed by atoms with Crippen LogP contribution in [0.3, 0.4) is 0 Å². The zero-order valence-corrected chi connectivity index (χ0v) is 14.0. The van der Waals surface area contributed by atoms with Crippen molar-refractivity contribution >= 4 is 22.3 Å². The number of thiophene rings is 1. The van der Waals surface area contributed by atoms with Gasteiger partial charge in [0, 0.05) is 18.0 Å². The lowest BCUT2D eigenvalue weighted by Gasteiger charge is -2.23. The van der Waals surface area contributed by atoms with Crippen LogP contribution in [0, 0.1) is 11.3 Å². The van der Waals surface area contributed by atoms with E-state index in [0.29, 0.717) is 6.54 Å². The molecule has 22 heavy (non-hydrogen) atoms. The third-order valence-corrected chi connectivity index (χ3v) is 5.53. The largest absolute Gasteiger partial charge is 0.481 e. The van der Waals surface area contributed by atoms with Gasteiger partial charge in [-0.1, -0.05) is 19.8 Å². The minimum atomic E-state index is -0.777. The Balaban J connectivity index is 2.23. The first-order valence-electron chi connectivity index (χ1n) is 8.18. The van der Waals surface area contributed by atoms with Gasteiger partial charge in [-0.2, -0.15) is 5.26 Å². The number of carboxylic acid groups (broad SMARTS) is 1. The van der Waals surface area contributed by atoms with Gasteiger partial charge in [0.05, 0.1) is 12.0 Å². The molecular formula is C17H24N2O2S. The van der Waals surface area contributed by atoms with Crippen molar-refractivity contribution in [3.63, 3.8) is 0 Å². The van der Waals surface area contributed by atoms with Crippen molar-refractivity contribution in [3.05, 3.63) is 16.0 Å². The molecule has 0 bridgehead atoms. The summed E-state index contributed by atoms with van der Waals surface area (Å²) in [6, 6.07) is 2.38. The Morgan fingerprint density at radius 1 is 1.32 bits per heavy atom. The second-order valence-corrected chi connectivity index (χ2v) is 6.92. The molecule has 1 N–H and O–H groups in total. The first-order chi connectivity index (χ1) is 10.7. The quantitative estimate of drug-likeness (QED) is 0.736. The van der Waals surface area contributed by atoms with Crippen LogP contribution in [0.15, 0.2) is 0 Å². The number of hydrogen-bond donors (Lipinski definition) is 1. The van der Waals surface area contributed by atoms with E-state index < -0.39 is 5.97 Å². The molecule has 2 rings (SSSR count). The summed E-state index contributed by atoms with van der Waals surface area (Å²) in [5.74, 6) is -0.777. The highest BCUT2D eigenvalue weighted by molar-refractivity contribution is 7.16. The molecule has 1 heterocycles. The minimum absolute atomic E-state index is 0.125. The smallest absolute Gasteiger partial charge is 0.305 e. The highest BCUT2D eigenvalue weighted by atomic mass is 32.1. The van der Waals surface area contributed by atoms with Crippen molar-refractivity contribution in [3.8, 4) is 6.07 Å². The molecule has 0 amide bonds. The van der Waals surface area contributed by atoms with Gasteiger partial charge in [0.15, 0.2) is 0 Å². The number of rotatable bonds is 8. The molecule has 0 atom stereocenters. The molecule has 1 aliphatic rings. The van der Waals surface area contributed by atoms with Crippen molar-refractivity contribution in [2.75, 3.05) is 18.0 Å². The number of fused-ring (bicyclic) bond motifs is 1. The number of carbonyl (C=O) groups is 1. The number of anilines is 1. The van der Waals surface area contributed by atoms with E-state index in [4.69, 9.17) is 5.11 Å². The number of hydrogen-bond acceptors (Lipinski definition) is 4. The molecule has 1 aliphatic carbocycles. The Bertz CT molecular complexity index is 560. The summed E-state index contributed by atoms with van der Waals surface area (Å²) >= 11 is 1.71. The van der Waals surface area contributed by atoms with E-state index in [2.05, 4.69) is 17.9 Å². The van der Waals surface area contributed by atoms with Crippen molar-refractivity contribution in [2.45, 2.75) is 58.3 Å². The second-order valence-electron chi connectivity index (χ2n) is 5.84. The maximum Gasteiger partial charge on any atom is 0.305 e. The Hall–Kier alpha value is -1.54. The van der Waals surface area contributed by atoms with E-state index in [1.165, 1.54) is 16.9 Å². The maximum atomic E-state index is 10.9. The third kappa shape index (κ3) is 4.01. The number of nitriles is 1. The van der Waals surface area contributed by atoms with Crippen LogP contribution in [-0.2, 0) is 17.6 Å². The number of nitrogens with zero attached hydrogens (tertiary/aromatic N) is 2. The summed E-state index contributed by atoms with van der Waals surface area (Å²) in [6.45, 7) is 3.49. The molecule has 0 radical (unpaired) electrons. The summed E-state index contributed by atoms with van der Waals surface area (Å²) in [4.78, 5) is 14.4. The van der Waals surface area contributed by atoms with E-state index in [1.54, 1.807) is 11.3 Å². The second kappa shape index (κ2) is 8.19. The predicted molar refractivity (Wildman–Crippen MR) is 89.7 cm³/mol. The van der Waals surface area contributed by atoms with Gasteiger partial charge in [-0.3, -0.25) is 4.79 Å². The maximum absolute atomic E-state index is 10.9. The molecule has 0 saturated carbocycles. The monoisotopic (exact) mass is 320 g/mol. The van der Waals surface area contributed by atoms with Gasteiger partial charge in [-0.05, 0) is 37.7 Å². The van der Waals surface area contributed by atoms with E-state index >= 15 is 0 Å². The average Bonchev–Trinajstić information content (AvgIpc) is 2.88. The summed E-state index contributed by atoms with van der Waals surface area (Å²) < 4.78 is 0. The van der Waals surface area contributed by atoms with E-state index in [9.17, 15) is 10.1 Å². The minimum Gasteiger partial charge on any atom is -0.481 e. The SMILES string of the molecule is CCCCCN(CCC(=O)O)c1sc2c(c1C#N)CCCC2. The number of carboxylic acids is 1. The topological polar surface area (TPSA) is 64.3 Å². The molecule has 0 spiro atoms. The van der Waals surface area contributed by atoms with Crippen LogP contribution in [0.5, 0.6) is 0 Å². The Morgan fingerprint density at radius 2 is 2.09 bits per heavy atom. The molecule has 4 nitrogen and oxygen atoms in total. The van der Waals surface area contributed by atoms with Crippen LogP contribution in [0.4, 0.5) is 5.00 Å². The fraction of sp³-hybridized carbons (Fsp3) is 0.647. The van der Waals surface area contributed by atoms with Crippen LogP contribution < -0.4 is 4.90 Å². The summed E-state index contributed by atoms with van der Waals surface area (Å²) in [6.07, 6.45) is 7.86. The predicted octanol–water partition coefficient (Wildman–Crippen LogP) is 3.97. The average molecular weight is 320 g/mol. The molecule has 1 aromatic rings. The lowest BCUT2D eigenvalue weighted by molar-refractivity contribution is -0.136. The van der Waals surface area contributed by atoms with Gasteiger partial charge in [0.1, 0.15) is 11.1 Å². The van der Waals surface area contributed by atoms with Gasteiger partial charge in [0.25, 0.3) is 0 Å². The molecule has 0 saturated heterocycles. The Kier molecular flexibility index (Phi) is 6.26. The molecule has 5 heteroatoms. The van der Waals surface area contributed by atoms with Gasteiger partial charge in [-0.25, -0.2) is 0 Å². The molecule has 0 fully saturated rings. The molecule has 0 unspecified atom stereocenters. The third-order valence-electron chi connectivity index (χ3n) is 4.18. The highest BCUT2D eigenvalue weighted by Gasteiger charge is 2.24. The molecule has 0 aromatic carbocycles. The van der Waals surface area contributed by atoms with Crippen LogP contribution in [0.25, 0.3) is 0 Å². The number of aryl methyl sites for hydroxylation is 1. The molecule has 1 aromatic heterocycles. The van der Waals surface area contributed by atoms with E-state index in [-0.39, 0.29) is 6.42 Å². The van der Waals surface area contributed by atoms with E-state index in [1.807, 2.05) is 0 Å². The lowest BCUT2D eigenvalue weighted by Crippen LogP contribution is -2.27. The lowest BCUT2D eigenvalue weighted by atomic mass is 9.96. The number of aliphatic carboxylic acids is 1. The van der Waals surface area contributed by atoms with Crippen LogP contribution in [0.2, 0.25) is 0 Å². The van der Waals surface area contributed by atoms with Gasteiger partial charge < -0.3 is 10.0 Å². The van der Waals surface area contributed by atoms with Gasteiger partial charge >= 0.3 is 5.97 Å². The van der Waals surface area contributed by atoms with E-state index in [0.717, 1.165) is 55.6 Å². The van der Waals surface area contributed by atoms with Crippen LogP contribution in [0.1, 0.15) is 61.5 Å². The van der Waals surface area contributed by atoms with Crippen LogP contribution >= 0.6 is 11.3 Å². The van der Waals surface area contributed by atoms with Crippen molar-refractivity contribution in [2.24, 2.45) is 0 Å². The van der Waals surface area contributed by atoms with Crippen molar-refractivity contribution < 1.29 is 9.90 Å². The zero-order chi connectivity index (χ0) is 15.9. The standard InChI is InChI=1S/C17H24N2O2S/c1-2-3-6-10-19(11-9-16(20)21)17-14(12-18)13-7-4-5-8-15(13)22-17/h2-11H2,1H3,(H,20,21). The van der Waals surface area contributed by atoms with Gasteiger partial charge in [0.2, 0.25) is 0 Å². The first-order valence-corrected chi connectivity index (χ1v) is 9.00. The zero-order valence-electron chi connectivity index (χ0n) is 13.2. The highest BCUT2D eigenvalue weighted by Crippen LogP contribution is 2.39. The summed E-state index contributed by atoms with van der Waals surface area (Å²) in [5, 5.41) is 19.6. The number of unbranched alkanes of at least 4 members (excludes halogenated alkanes) is 2.